The standard InChI is InChI=1S/C18H29FN4.HI/c1-13(2)23-11-14(3)17(12-23)22-18(20-4)21-10-9-15-5-7-16(19)8-6-15;/h5-8,13-14,17H,9-12H2,1-4H3,(H2,20,21,22);1H. The predicted molar refractivity (Wildman–Crippen MR) is 110 cm³/mol. The van der Waals surface area contributed by atoms with Crippen molar-refractivity contribution in [3.8, 4) is 0 Å². The second-order valence-corrected chi connectivity index (χ2v) is 6.65. The highest BCUT2D eigenvalue weighted by Crippen LogP contribution is 2.18. The van der Waals surface area contributed by atoms with E-state index >= 15 is 0 Å². The molecule has 1 aliphatic heterocycles. The van der Waals surface area contributed by atoms with Gasteiger partial charge in [0.15, 0.2) is 5.96 Å². The molecule has 1 aromatic carbocycles. The molecule has 0 radical (unpaired) electrons. The van der Waals surface area contributed by atoms with Gasteiger partial charge in [0, 0.05) is 38.8 Å². The summed E-state index contributed by atoms with van der Waals surface area (Å²) in [5.41, 5.74) is 1.12. The first-order valence-corrected chi connectivity index (χ1v) is 8.45. The van der Waals surface area contributed by atoms with E-state index in [1.54, 1.807) is 7.05 Å². The van der Waals surface area contributed by atoms with Gasteiger partial charge in [-0.1, -0.05) is 19.1 Å². The van der Waals surface area contributed by atoms with Crippen LogP contribution in [0.3, 0.4) is 0 Å². The second-order valence-electron chi connectivity index (χ2n) is 6.65. The SMILES string of the molecule is CN=C(NCCc1ccc(F)cc1)NC1CN(C(C)C)CC1C.I. The van der Waals surface area contributed by atoms with Crippen molar-refractivity contribution in [2.45, 2.75) is 39.3 Å². The molecule has 2 atom stereocenters. The van der Waals surface area contributed by atoms with Crippen molar-refractivity contribution >= 4 is 29.9 Å². The molecule has 1 aliphatic rings. The molecular formula is C18H30FIN4. The molecule has 2 N–H and O–H groups in total. The number of likely N-dealkylation sites (tertiary alicyclic amines) is 1. The average molecular weight is 448 g/mol. The lowest BCUT2D eigenvalue weighted by atomic mass is 10.1. The zero-order valence-electron chi connectivity index (χ0n) is 15.1. The fourth-order valence-electron chi connectivity index (χ4n) is 2.96. The van der Waals surface area contributed by atoms with Gasteiger partial charge in [-0.2, -0.15) is 0 Å². The van der Waals surface area contributed by atoms with E-state index in [0.29, 0.717) is 18.0 Å². The molecule has 1 saturated heterocycles. The molecule has 4 nitrogen and oxygen atoms in total. The highest BCUT2D eigenvalue weighted by Gasteiger charge is 2.31. The highest BCUT2D eigenvalue weighted by atomic mass is 127. The van der Waals surface area contributed by atoms with Crippen LogP contribution in [-0.4, -0.2) is 49.6 Å². The summed E-state index contributed by atoms with van der Waals surface area (Å²) in [5, 5.41) is 6.88. The predicted octanol–water partition coefficient (Wildman–Crippen LogP) is 2.88. The maximum Gasteiger partial charge on any atom is 0.191 e. The third kappa shape index (κ3) is 6.20. The fourth-order valence-corrected chi connectivity index (χ4v) is 2.96. The van der Waals surface area contributed by atoms with Crippen molar-refractivity contribution in [2.75, 3.05) is 26.7 Å². The van der Waals surface area contributed by atoms with Gasteiger partial charge < -0.3 is 10.6 Å². The number of halogens is 2. The number of guanidine groups is 1. The Bertz CT molecular complexity index is 518. The molecule has 0 bridgehead atoms. The lowest BCUT2D eigenvalue weighted by Gasteiger charge is -2.22. The largest absolute Gasteiger partial charge is 0.356 e. The molecule has 0 amide bonds. The summed E-state index contributed by atoms with van der Waals surface area (Å²) in [5.74, 6) is 1.26. The number of hydrogen-bond donors (Lipinski definition) is 2. The fraction of sp³-hybridized carbons (Fsp3) is 0.611. The van der Waals surface area contributed by atoms with Gasteiger partial charge in [0.25, 0.3) is 0 Å². The van der Waals surface area contributed by atoms with Crippen LogP contribution in [0.2, 0.25) is 0 Å². The molecule has 0 spiro atoms. The van der Waals surface area contributed by atoms with Crippen molar-refractivity contribution < 1.29 is 4.39 Å². The number of aliphatic imine (C=N–C) groups is 1. The molecule has 1 heterocycles. The Hall–Kier alpha value is -0.890. The molecule has 24 heavy (non-hydrogen) atoms. The Labute approximate surface area is 162 Å². The van der Waals surface area contributed by atoms with Crippen molar-refractivity contribution in [3.05, 3.63) is 35.6 Å². The molecule has 2 rings (SSSR count). The lowest BCUT2D eigenvalue weighted by molar-refractivity contribution is 0.265. The molecule has 0 saturated carbocycles. The first-order chi connectivity index (χ1) is 11.0. The van der Waals surface area contributed by atoms with Crippen LogP contribution in [0.5, 0.6) is 0 Å². The zero-order valence-corrected chi connectivity index (χ0v) is 17.4. The molecule has 6 heteroatoms. The van der Waals surface area contributed by atoms with Crippen LogP contribution in [0.4, 0.5) is 4.39 Å². The quantitative estimate of drug-likeness (QED) is 0.414. The lowest BCUT2D eigenvalue weighted by Crippen LogP contribution is -2.47. The minimum Gasteiger partial charge on any atom is -0.356 e. The van der Waals surface area contributed by atoms with Crippen molar-refractivity contribution in [1.29, 1.82) is 0 Å². The molecule has 1 fully saturated rings. The van der Waals surface area contributed by atoms with Crippen molar-refractivity contribution in [2.24, 2.45) is 10.9 Å². The van der Waals surface area contributed by atoms with Gasteiger partial charge in [-0.15, -0.1) is 24.0 Å². The van der Waals surface area contributed by atoms with E-state index in [1.807, 2.05) is 12.1 Å². The summed E-state index contributed by atoms with van der Waals surface area (Å²) in [6.07, 6.45) is 0.847. The van der Waals surface area contributed by atoms with Gasteiger partial charge in [0.05, 0.1) is 0 Å². The number of hydrogen-bond acceptors (Lipinski definition) is 2. The smallest absolute Gasteiger partial charge is 0.191 e. The van der Waals surface area contributed by atoms with E-state index in [1.165, 1.54) is 12.1 Å². The number of nitrogens with one attached hydrogen (secondary N) is 2. The number of rotatable bonds is 5. The van der Waals surface area contributed by atoms with Gasteiger partial charge >= 0.3 is 0 Å². The topological polar surface area (TPSA) is 39.7 Å². The molecule has 1 aromatic rings. The molecule has 0 aromatic heterocycles. The van der Waals surface area contributed by atoms with E-state index in [0.717, 1.165) is 37.6 Å². The Morgan fingerprint density at radius 1 is 1.29 bits per heavy atom. The molecule has 136 valence electrons. The van der Waals surface area contributed by atoms with Crippen molar-refractivity contribution in [1.82, 2.24) is 15.5 Å². The van der Waals surface area contributed by atoms with Crippen LogP contribution < -0.4 is 10.6 Å². The summed E-state index contributed by atoms with van der Waals surface area (Å²) in [6, 6.07) is 7.67. The van der Waals surface area contributed by atoms with E-state index in [2.05, 4.69) is 41.3 Å². The molecule has 0 aliphatic carbocycles. The van der Waals surface area contributed by atoms with Gasteiger partial charge in [0.1, 0.15) is 5.82 Å². The average Bonchev–Trinajstić information content (AvgIpc) is 2.89. The van der Waals surface area contributed by atoms with Crippen molar-refractivity contribution in [3.63, 3.8) is 0 Å². The molecular weight excluding hydrogens is 418 g/mol. The number of benzene rings is 1. The summed E-state index contributed by atoms with van der Waals surface area (Å²) < 4.78 is 12.9. The van der Waals surface area contributed by atoms with Crippen LogP contribution in [0.1, 0.15) is 26.3 Å². The molecule has 2 unspecified atom stereocenters. The maximum absolute atomic E-state index is 12.9. The third-order valence-corrected chi connectivity index (χ3v) is 4.54. The minimum atomic E-state index is -0.191. The van der Waals surface area contributed by atoms with Gasteiger partial charge in [-0.05, 0) is 43.9 Å². The van der Waals surface area contributed by atoms with E-state index in [-0.39, 0.29) is 29.8 Å². The summed E-state index contributed by atoms with van der Waals surface area (Å²) in [7, 11) is 1.80. The summed E-state index contributed by atoms with van der Waals surface area (Å²) >= 11 is 0. The first kappa shape index (κ1) is 21.2. The monoisotopic (exact) mass is 448 g/mol. The van der Waals surface area contributed by atoms with Crippen LogP contribution in [0.25, 0.3) is 0 Å². The Morgan fingerprint density at radius 3 is 2.50 bits per heavy atom. The second kappa shape index (κ2) is 10.2. The van der Waals surface area contributed by atoms with E-state index in [9.17, 15) is 4.39 Å². The van der Waals surface area contributed by atoms with Gasteiger partial charge in [-0.3, -0.25) is 9.89 Å². The van der Waals surface area contributed by atoms with E-state index in [4.69, 9.17) is 0 Å². The Kier molecular flexibility index (Phi) is 8.97. The highest BCUT2D eigenvalue weighted by molar-refractivity contribution is 14.0. The first-order valence-electron chi connectivity index (χ1n) is 8.45. The Morgan fingerprint density at radius 2 is 1.96 bits per heavy atom. The van der Waals surface area contributed by atoms with Crippen LogP contribution in [0, 0.1) is 11.7 Å². The minimum absolute atomic E-state index is 0. The van der Waals surface area contributed by atoms with Gasteiger partial charge in [0.2, 0.25) is 0 Å². The number of nitrogens with zero attached hydrogens (tertiary/aromatic N) is 2. The van der Waals surface area contributed by atoms with E-state index < -0.39 is 0 Å². The Balaban J connectivity index is 0.00000288. The summed E-state index contributed by atoms with van der Waals surface area (Å²) in [4.78, 5) is 6.81. The summed E-state index contributed by atoms with van der Waals surface area (Å²) in [6.45, 7) is 9.72. The van der Waals surface area contributed by atoms with Gasteiger partial charge in [-0.25, -0.2) is 4.39 Å². The third-order valence-electron chi connectivity index (χ3n) is 4.54. The maximum atomic E-state index is 12.9. The van der Waals surface area contributed by atoms with Crippen LogP contribution in [-0.2, 0) is 6.42 Å². The zero-order chi connectivity index (χ0) is 16.8. The normalized spacial score (nSPS) is 21.7. The van der Waals surface area contributed by atoms with Crippen LogP contribution >= 0.6 is 24.0 Å². The van der Waals surface area contributed by atoms with Crippen LogP contribution in [0.15, 0.2) is 29.3 Å².